The van der Waals surface area contributed by atoms with Crippen LogP contribution < -0.4 is 10.1 Å². The lowest BCUT2D eigenvalue weighted by molar-refractivity contribution is -0.149. The molecule has 1 aromatic carbocycles. The zero-order chi connectivity index (χ0) is 43.8. The standard InChI is InChI=1S/C46H82NO12P/c1-3-5-7-9-11-13-15-17-19-23-33-54-37-39-57-44(48)32-31-43(46(50)58-40-38-55-34-24-20-18-16-14-12-10-8-6-4-2)47-45(49)41-27-29-42(30-28-41)56-35-25-21-22-26-36-59-60(51,52)53/h27-30,43H,3-26,31-40H2,1-2H3,(H,47,49)(H2,51,52,53)/t43-/m0/s1. The number of hydrogen-bond donors (Lipinski definition) is 3. The highest BCUT2D eigenvalue weighted by Gasteiger charge is 2.24. The number of carbonyl (C=O) groups is 3. The number of rotatable bonds is 43. The first kappa shape index (κ1) is 55.5. The molecule has 348 valence electrons. The quantitative estimate of drug-likeness (QED) is 0.0322. The van der Waals surface area contributed by atoms with Crippen molar-refractivity contribution in [2.45, 2.75) is 187 Å². The third kappa shape index (κ3) is 35.1. The van der Waals surface area contributed by atoms with Crippen molar-refractivity contribution in [1.29, 1.82) is 0 Å². The van der Waals surface area contributed by atoms with Crippen molar-refractivity contribution in [3.05, 3.63) is 29.8 Å². The lowest BCUT2D eigenvalue weighted by atomic mass is 10.1. The van der Waals surface area contributed by atoms with E-state index in [0.29, 0.717) is 44.2 Å². The van der Waals surface area contributed by atoms with Gasteiger partial charge in [0.05, 0.1) is 26.4 Å². The molecule has 0 aliphatic rings. The number of ether oxygens (including phenoxy) is 5. The van der Waals surface area contributed by atoms with E-state index < -0.39 is 31.7 Å². The maximum Gasteiger partial charge on any atom is 0.469 e. The van der Waals surface area contributed by atoms with Crippen LogP contribution in [-0.2, 0) is 37.6 Å². The van der Waals surface area contributed by atoms with Gasteiger partial charge in [-0.1, -0.05) is 136 Å². The van der Waals surface area contributed by atoms with Gasteiger partial charge in [0, 0.05) is 25.2 Å². The van der Waals surface area contributed by atoms with Gasteiger partial charge in [-0.3, -0.25) is 14.1 Å². The number of benzene rings is 1. The zero-order valence-electron chi connectivity index (χ0n) is 37.4. The van der Waals surface area contributed by atoms with Crippen molar-refractivity contribution in [2.75, 3.05) is 52.9 Å². The Balaban J connectivity index is 2.45. The van der Waals surface area contributed by atoms with Gasteiger partial charge in [0.2, 0.25) is 0 Å². The van der Waals surface area contributed by atoms with E-state index in [2.05, 4.69) is 23.7 Å². The second-order valence-corrected chi connectivity index (χ2v) is 16.9. The summed E-state index contributed by atoms with van der Waals surface area (Å²) < 4.78 is 43.1. The first-order valence-electron chi connectivity index (χ1n) is 23.4. The highest BCUT2D eigenvalue weighted by atomic mass is 31.2. The average Bonchev–Trinajstić information content (AvgIpc) is 3.23. The van der Waals surface area contributed by atoms with Crippen molar-refractivity contribution < 1.29 is 56.9 Å². The second kappa shape index (κ2) is 39.3. The van der Waals surface area contributed by atoms with E-state index in [-0.39, 0.29) is 39.3 Å². The van der Waals surface area contributed by atoms with Crippen molar-refractivity contribution in [1.82, 2.24) is 5.32 Å². The van der Waals surface area contributed by atoms with Gasteiger partial charge >= 0.3 is 19.8 Å². The Bertz CT molecular complexity index is 1230. The Morgan fingerprint density at radius 3 is 1.47 bits per heavy atom. The van der Waals surface area contributed by atoms with Gasteiger partial charge in [-0.15, -0.1) is 0 Å². The van der Waals surface area contributed by atoms with E-state index in [1.807, 2.05) is 0 Å². The number of esters is 2. The summed E-state index contributed by atoms with van der Waals surface area (Å²) in [6.07, 6.45) is 27.6. The van der Waals surface area contributed by atoms with Crippen LogP contribution in [-0.4, -0.2) is 86.5 Å². The number of carbonyl (C=O) groups excluding carboxylic acids is 3. The molecule has 60 heavy (non-hydrogen) atoms. The van der Waals surface area contributed by atoms with Crippen LogP contribution in [0.5, 0.6) is 5.75 Å². The molecule has 0 aromatic heterocycles. The topological polar surface area (TPSA) is 176 Å². The smallest absolute Gasteiger partial charge is 0.469 e. The van der Waals surface area contributed by atoms with E-state index in [1.54, 1.807) is 24.3 Å². The zero-order valence-corrected chi connectivity index (χ0v) is 38.2. The Morgan fingerprint density at radius 1 is 0.550 bits per heavy atom. The summed E-state index contributed by atoms with van der Waals surface area (Å²) in [4.78, 5) is 56.4. The molecule has 0 aliphatic heterocycles. The van der Waals surface area contributed by atoms with Crippen molar-refractivity contribution >= 4 is 25.7 Å². The largest absolute Gasteiger partial charge is 0.494 e. The van der Waals surface area contributed by atoms with Crippen molar-refractivity contribution in [2.24, 2.45) is 0 Å². The van der Waals surface area contributed by atoms with Gasteiger partial charge in [0.1, 0.15) is 25.0 Å². The lowest BCUT2D eigenvalue weighted by Crippen LogP contribution is -2.42. The van der Waals surface area contributed by atoms with Crippen LogP contribution in [0.15, 0.2) is 24.3 Å². The molecule has 3 N–H and O–H groups in total. The minimum Gasteiger partial charge on any atom is -0.494 e. The van der Waals surface area contributed by atoms with E-state index in [9.17, 15) is 18.9 Å². The minimum absolute atomic E-state index is 0.000181. The average molecular weight is 872 g/mol. The Kier molecular flexibility index (Phi) is 36.4. The molecule has 0 saturated carbocycles. The summed E-state index contributed by atoms with van der Waals surface area (Å²) in [6, 6.07) is 5.45. The molecule has 0 heterocycles. The van der Waals surface area contributed by atoms with E-state index in [1.165, 1.54) is 103 Å². The molecular formula is C46H82NO12P. The fraction of sp³-hybridized carbons (Fsp3) is 0.804. The first-order valence-corrected chi connectivity index (χ1v) is 24.9. The molecule has 1 amide bonds. The van der Waals surface area contributed by atoms with Crippen LogP contribution in [0, 0.1) is 0 Å². The molecule has 0 spiro atoms. The minimum atomic E-state index is -4.43. The number of nitrogens with one attached hydrogen (secondary N) is 1. The van der Waals surface area contributed by atoms with Gasteiger partial charge in [0.25, 0.3) is 5.91 Å². The lowest BCUT2D eigenvalue weighted by Gasteiger charge is -2.18. The molecule has 1 atom stereocenters. The SMILES string of the molecule is CCCCCCCCCCCCOCCOC(=O)CC[C@H](NC(=O)c1ccc(OCCCCCCOP(=O)(O)O)cc1)C(=O)OCCOCCCCCCCCCCCC. The van der Waals surface area contributed by atoms with E-state index >= 15 is 0 Å². The molecule has 0 radical (unpaired) electrons. The molecule has 0 fully saturated rings. The van der Waals surface area contributed by atoms with Crippen molar-refractivity contribution in [3.8, 4) is 5.75 Å². The predicted octanol–water partition coefficient (Wildman–Crippen LogP) is 10.6. The number of phosphoric acid groups is 1. The highest BCUT2D eigenvalue weighted by Crippen LogP contribution is 2.35. The van der Waals surface area contributed by atoms with Crippen molar-refractivity contribution in [3.63, 3.8) is 0 Å². The molecule has 0 saturated heterocycles. The number of hydrogen-bond acceptors (Lipinski definition) is 10. The highest BCUT2D eigenvalue weighted by molar-refractivity contribution is 7.46. The van der Waals surface area contributed by atoms with E-state index in [0.717, 1.165) is 44.9 Å². The van der Waals surface area contributed by atoms with Crippen LogP contribution in [0.1, 0.15) is 191 Å². The molecule has 1 rings (SSSR count). The Labute approximate surface area is 362 Å². The molecule has 1 aromatic rings. The number of unbranched alkanes of at least 4 members (excludes halogenated alkanes) is 21. The Hall–Kier alpha value is -2.54. The summed E-state index contributed by atoms with van der Waals surface area (Å²) in [5.74, 6) is -1.06. The molecule has 0 unspecified atom stereocenters. The second-order valence-electron chi connectivity index (χ2n) is 15.7. The predicted molar refractivity (Wildman–Crippen MR) is 236 cm³/mol. The molecule has 13 nitrogen and oxygen atoms in total. The molecular weight excluding hydrogens is 789 g/mol. The Morgan fingerprint density at radius 2 is 0.983 bits per heavy atom. The van der Waals surface area contributed by atoms with Crippen LogP contribution in [0.3, 0.4) is 0 Å². The number of amides is 1. The van der Waals surface area contributed by atoms with Crippen LogP contribution in [0.2, 0.25) is 0 Å². The van der Waals surface area contributed by atoms with E-state index in [4.69, 9.17) is 33.5 Å². The molecule has 0 bridgehead atoms. The summed E-state index contributed by atoms with van der Waals surface area (Å²) in [5.41, 5.74) is 0.312. The van der Waals surface area contributed by atoms with Crippen LogP contribution in [0.25, 0.3) is 0 Å². The number of phosphoric ester groups is 1. The fourth-order valence-electron chi connectivity index (χ4n) is 6.56. The summed E-state index contributed by atoms with van der Waals surface area (Å²) in [5, 5.41) is 2.73. The third-order valence-electron chi connectivity index (χ3n) is 10.2. The normalized spacial score (nSPS) is 12.0. The fourth-order valence-corrected chi connectivity index (χ4v) is 6.93. The summed E-state index contributed by atoms with van der Waals surface area (Å²) in [6.45, 7) is 6.85. The maximum absolute atomic E-state index is 13.2. The van der Waals surface area contributed by atoms with Gasteiger partial charge < -0.3 is 38.8 Å². The van der Waals surface area contributed by atoms with Gasteiger partial charge in [-0.2, -0.15) is 0 Å². The third-order valence-corrected chi connectivity index (χ3v) is 10.7. The molecule has 0 aliphatic carbocycles. The van der Waals surface area contributed by atoms with Gasteiger partial charge in [-0.05, 0) is 62.8 Å². The van der Waals surface area contributed by atoms with Gasteiger partial charge in [0.15, 0.2) is 0 Å². The first-order chi connectivity index (χ1) is 29.2. The van der Waals surface area contributed by atoms with Gasteiger partial charge in [-0.25, -0.2) is 9.36 Å². The molecule has 14 heteroatoms. The van der Waals surface area contributed by atoms with Crippen LogP contribution >= 0.6 is 7.82 Å². The summed E-state index contributed by atoms with van der Waals surface area (Å²) >= 11 is 0. The maximum atomic E-state index is 13.2. The van der Waals surface area contributed by atoms with Crippen LogP contribution in [0.4, 0.5) is 0 Å². The monoisotopic (exact) mass is 872 g/mol. The summed E-state index contributed by atoms with van der Waals surface area (Å²) in [7, 11) is -4.43.